The topological polar surface area (TPSA) is 50.7 Å². The van der Waals surface area contributed by atoms with Crippen molar-refractivity contribution in [2.75, 3.05) is 11.9 Å². The van der Waals surface area contributed by atoms with Crippen LogP contribution < -0.4 is 5.32 Å². The van der Waals surface area contributed by atoms with E-state index in [1.165, 1.54) is 11.3 Å². The predicted molar refractivity (Wildman–Crippen MR) is 93.9 cm³/mol. The number of halogens is 3. The van der Waals surface area contributed by atoms with Crippen molar-refractivity contribution in [1.82, 2.24) is 15.0 Å². The van der Waals surface area contributed by atoms with Gasteiger partial charge in [0.15, 0.2) is 5.82 Å². The summed E-state index contributed by atoms with van der Waals surface area (Å²) in [6, 6.07) is 5.58. The number of nitrogens with one attached hydrogen (secondary N) is 1. The number of nitrogens with zero attached hydrogens (tertiary/aromatic N) is 3. The third-order valence-corrected chi connectivity index (χ3v) is 4.65. The van der Waals surface area contributed by atoms with Crippen LogP contribution >= 0.6 is 11.3 Å². The number of hydrogen-bond acceptors (Lipinski definition) is 5. The van der Waals surface area contributed by atoms with Crippen LogP contribution in [-0.2, 0) is 0 Å². The van der Waals surface area contributed by atoms with Gasteiger partial charge in [0.1, 0.15) is 16.3 Å². The zero-order chi connectivity index (χ0) is 18.0. The highest BCUT2D eigenvalue weighted by atomic mass is 32.1. The molecule has 1 N–H and O–H groups in total. The fraction of sp³-hybridized carbons (Fsp3) is 0.353. The van der Waals surface area contributed by atoms with Gasteiger partial charge in [0.25, 0.3) is 0 Å². The van der Waals surface area contributed by atoms with Crippen LogP contribution in [-0.4, -0.2) is 27.7 Å². The van der Waals surface area contributed by atoms with E-state index in [-0.39, 0.29) is 13.0 Å². The number of rotatable bonds is 5. The van der Waals surface area contributed by atoms with Crippen LogP contribution in [0.2, 0.25) is 0 Å². The quantitative estimate of drug-likeness (QED) is 0.637. The van der Waals surface area contributed by atoms with Gasteiger partial charge in [0, 0.05) is 18.7 Å². The van der Waals surface area contributed by atoms with E-state index in [0.717, 1.165) is 21.5 Å². The molecule has 3 heterocycles. The molecule has 3 rings (SSSR count). The molecule has 132 valence electrons. The van der Waals surface area contributed by atoms with Crippen LogP contribution in [0.5, 0.6) is 0 Å². The van der Waals surface area contributed by atoms with Gasteiger partial charge in [-0.2, -0.15) is 13.2 Å². The van der Waals surface area contributed by atoms with Crippen LogP contribution in [0.3, 0.4) is 0 Å². The molecule has 3 aromatic heterocycles. The highest BCUT2D eigenvalue weighted by molar-refractivity contribution is 7.17. The SMILES string of the molecule is Cc1cccc(-c2nc(NCCCC(F)(F)F)c3c(C)csc3n2)n1. The van der Waals surface area contributed by atoms with E-state index in [1.54, 1.807) is 0 Å². The van der Waals surface area contributed by atoms with Crippen molar-refractivity contribution in [3.05, 3.63) is 34.8 Å². The van der Waals surface area contributed by atoms with Crippen LogP contribution in [0.4, 0.5) is 19.0 Å². The molecule has 0 saturated carbocycles. The summed E-state index contributed by atoms with van der Waals surface area (Å²) in [6.45, 7) is 4.02. The number of aromatic nitrogens is 3. The molecule has 0 radical (unpaired) electrons. The Morgan fingerprint density at radius 3 is 2.64 bits per heavy atom. The van der Waals surface area contributed by atoms with Crippen molar-refractivity contribution < 1.29 is 13.2 Å². The normalized spacial score (nSPS) is 11.9. The Labute approximate surface area is 147 Å². The minimum atomic E-state index is -4.14. The van der Waals surface area contributed by atoms with Gasteiger partial charge < -0.3 is 5.32 Å². The third kappa shape index (κ3) is 4.25. The van der Waals surface area contributed by atoms with Crippen LogP contribution in [0.15, 0.2) is 23.6 Å². The number of pyridine rings is 1. The lowest BCUT2D eigenvalue weighted by Gasteiger charge is -2.11. The molecule has 0 aliphatic heterocycles. The van der Waals surface area contributed by atoms with Crippen molar-refractivity contribution >= 4 is 27.4 Å². The Kier molecular flexibility index (Phi) is 4.89. The number of anilines is 1. The number of aryl methyl sites for hydroxylation is 2. The van der Waals surface area contributed by atoms with Gasteiger partial charge in [-0.15, -0.1) is 11.3 Å². The Balaban J connectivity index is 1.91. The van der Waals surface area contributed by atoms with Gasteiger partial charge in [0.05, 0.1) is 5.39 Å². The molecule has 0 fully saturated rings. The molecule has 0 amide bonds. The first-order valence-electron chi connectivity index (χ1n) is 7.84. The van der Waals surface area contributed by atoms with Crippen molar-refractivity contribution in [2.24, 2.45) is 0 Å². The van der Waals surface area contributed by atoms with E-state index in [1.807, 2.05) is 37.4 Å². The molecule has 0 bridgehead atoms. The standard InChI is InChI=1S/C17H17F3N4S/c1-10-9-25-16-13(10)15(21-8-4-7-17(18,19)20)23-14(24-16)12-6-3-5-11(2)22-12/h3,5-6,9H,4,7-8H2,1-2H3,(H,21,23,24). The summed E-state index contributed by atoms with van der Waals surface area (Å²) in [6.07, 6.45) is -4.96. The first-order chi connectivity index (χ1) is 11.8. The van der Waals surface area contributed by atoms with Gasteiger partial charge in [-0.05, 0) is 43.3 Å². The van der Waals surface area contributed by atoms with Crippen LogP contribution in [0.25, 0.3) is 21.7 Å². The van der Waals surface area contributed by atoms with Gasteiger partial charge in [-0.25, -0.2) is 15.0 Å². The predicted octanol–water partition coefficient (Wildman–Crippen LogP) is 5.12. The lowest BCUT2D eigenvalue weighted by molar-refractivity contribution is -0.134. The first kappa shape index (κ1) is 17.6. The van der Waals surface area contributed by atoms with Gasteiger partial charge in [-0.3, -0.25) is 0 Å². The van der Waals surface area contributed by atoms with Crippen LogP contribution in [0, 0.1) is 13.8 Å². The number of alkyl halides is 3. The van der Waals surface area contributed by atoms with Crippen molar-refractivity contribution in [2.45, 2.75) is 32.9 Å². The number of thiophene rings is 1. The molecule has 0 aliphatic carbocycles. The van der Waals surface area contributed by atoms with Crippen molar-refractivity contribution in [3.63, 3.8) is 0 Å². The van der Waals surface area contributed by atoms with Gasteiger partial charge >= 0.3 is 6.18 Å². The summed E-state index contributed by atoms with van der Waals surface area (Å²) < 4.78 is 36.9. The maximum absolute atomic E-state index is 12.3. The molecule has 3 aromatic rings. The summed E-state index contributed by atoms with van der Waals surface area (Å²) in [5, 5.41) is 5.86. The summed E-state index contributed by atoms with van der Waals surface area (Å²) in [4.78, 5) is 14.3. The van der Waals surface area contributed by atoms with Crippen molar-refractivity contribution in [3.8, 4) is 11.5 Å². The second-order valence-electron chi connectivity index (χ2n) is 5.80. The Morgan fingerprint density at radius 1 is 1.12 bits per heavy atom. The smallest absolute Gasteiger partial charge is 0.369 e. The maximum atomic E-state index is 12.3. The van der Waals surface area contributed by atoms with Crippen molar-refractivity contribution in [1.29, 1.82) is 0 Å². The van der Waals surface area contributed by atoms with Gasteiger partial charge in [-0.1, -0.05) is 6.07 Å². The Bertz CT molecular complexity index is 889. The molecule has 8 heteroatoms. The zero-order valence-electron chi connectivity index (χ0n) is 13.8. The molecule has 0 atom stereocenters. The van der Waals surface area contributed by atoms with E-state index in [9.17, 15) is 13.2 Å². The van der Waals surface area contributed by atoms with Crippen LogP contribution in [0.1, 0.15) is 24.1 Å². The monoisotopic (exact) mass is 366 g/mol. The first-order valence-corrected chi connectivity index (χ1v) is 8.72. The fourth-order valence-electron chi connectivity index (χ4n) is 2.49. The van der Waals surface area contributed by atoms with E-state index >= 15 is 0 Å². The lowest BCUT2D eigenvalue weighted by atomic mass is 10.2. The summed E-state index contributed by atoms with van der Waals surface area (Å²) in [5.41, 5.74) is 2.50. The molecule has 25 heavy (non-hydrogen) atoms. The lowest BCUT2D eigenvalue weighted by Crippen LogP contribution is -2.12. The van der Waals surface area contributed by atoms with E-state index in [2.05, 4.69) is 20.3 Å². The molecule has 0 unspecified atom stereocenters. The highest BCUT2D eigenvalue weighted by Crippen LogP contribution is 2.31. The van der Waals surface area contributed by atoms with Gasteiger partial charge in [0.2, 0.25) is 0 Å². The molecule has 0 saturated heterocycles. The number of fused-ring (bicyclic) bond motifs is 1. The maximum Gasteiger partial charge on any atom is 0.389 e. The molecular weight excluding hydrogens is 349 g/mol. The summed E-state index contributed by atoms with van der Waals surface area (Å²) in [7, 11) is 0. The minimum absolute atomic E-state index is 0.00376. The summed E-state index contributed by atoms with van der Waals surface area (Å²) in [5.74, 6) is 1.03. The largest absolute Gasteiger partial charge is 0.389 e. The number of hydrogen-bond donors (Lipinski definition) is 1. The molecule has 4 nitrogen and oxygen atoms in total. The summed E-state index contributed by atoms with van der Waals surface area (Å²) >= 11 is 1.49. The Hall–Kier alpha value is -2.22. The second kappa shape index (κ2) is 6.95. The average Bonchev–Trinajstić information content (AvgIpc) is 2.92. The highest BCUT2D eigenvalue weighted by Gasteiger charge is 2.26. The van der Waals surface area contributed by atoms with E-state index in [0.29, 0.717) is 17.3 Å². The third-order valence-electron chi connectivity index (χ3n) is 3.66. The Morgan fingerprint density at radius 2 is 1.92 bits per heavy atom. The van der Waals surface area contributed by atoms with E-state index in [4.69, 9.17) is 0 Å². The van der Waals surface area contributed by atoms with E-state index < -0.39 is 12.6 Å². The zero-order valence-corrected chi connectivity index (χ0v) is 14.6. The average molecular weight is 366 g/mol. The molecule has 0 aromatic carbocycles. The fourth-order valence-corrected chi connectivity index (χ4v) is 3.41. The molecule has 0 spiro atoms. The molecular formula is C17H17F3N4S. The minimum Gasteiger partial charge on any atom is -0.369 e. The second-order valence-corrected chi connectivity index (χ2v) is 6.66. The molecule has 0 aliphatic rings.